The summed E-state index contributed by atoms with van der Waals surface area (Å²) in [5, 5.41) is 7.95. The van der Waals surface area contributed by atoms with E-state index < -0.39 is 47.4 Å². The molecule has 0 radical (unpaired) electrons. The molecule has 280 valence electrons. The number of cyclic esters (lactones) is 1. The summed E-state index contributed by atoms with van der Waals surface area (Å²) in [7, 11) is 1.57. The normalized spacial score (nSPS) is 26.7. The van der Waals surface area contributed by atoms with Crippen LogP contribution in [0.2, 0.25) is 0 Å². The van der Waals surface area contributed by atoms with Crippen molar-refractivity contribution in [1.82, 2.24) is 35.9 Å². The largest absolute Gasteiger partial charge is 0.496 e. The van der Waals surface area contributed by atoms with E-state index in [2.05, 4.69) is 16.1 Å². The third-order valence-corrected chi connectivity index (χ3v) is 10.8. The molecule has 1 aromatic heterocycles. The highest BCUT2D eigenvalue weighted by molar-refractivity contribution is 5.95. The number of benzene rings is 1. The third-order valence-electron chi connectivity index (χ3n) is 10.8. The average molecular weight is 718 g/mol. The van der Waals surface area contributed by atoms with Gasteiger partial charge >= 0.3 is 12.0 Å². The van der Waals surface area contributed by atoms with Gasteiger partial charge in [-0.3, -0.25) is 24.2 Å². The molecule has 4 atom stereocenters. The number of nitrogens with zero attached hydrogens (tertiary/aromatic N) is 4. The molecule has 0 aliphatic carbocycles. The zero-order chi connectivity index (χ0) is 37.2. The van der Waals surface area contributed by atoms with Crippen LogP contribution in [0.3, 0.4) is 0 Å². The van der Waals surface area contributed by atoms with Crippen LogP contribution in [0.4, 0.5) is 4.79 Å². The highest BCUT2D eigenvalue weighted by atomic mass is 16.5. The molecule has 14 nitrogen and oxygen atoms in total. The minimum absolute atomic E-state index is 0.00249. The van der Waals surface area contributed by atoms with Crippen LogP contribution >= 0.6 is 0 Å². The van der Waals surface area contributed by atoms with E-state index in [1.807, 2.05) is 54.0 Å². The lowest BCUT2D eigenvalue weighted by atomic mass is 9.76. The smallest absolute Gasteiger partial charge is 0.325 e. The molecule has 1 spiro atoms. The summed E-state index contributed by atoms with van der Waals surface area (Å²) in [6, 6.07) is 4.82. The monoisotopic (exact) mass is 717 g/mol. The van der Waals surface area contributed by atoms with Crippen LogP contribution in [0.15, 0.2) is 30.3 Å². The molecule has 5 amide bonds. The first-order valence-corrected chi connectivity index (χ1v) is 18.5. The number of hydrogen-bond donors (Lipinski definition) is 3. The number of piperidine rings is 1. The predicted molar refractivity (Wildman–Crippen MR) is 194 cm³/mol. The van der Waals surface area contributed by atoms with Gasteiger partial charge in [-0.05, 0) is 76.0 Å². The number of nitrogens with one attached hydrogen (secondary N) is 3. The maximum absolute atomic E-state index is 14.4. The zero-order valence-electron chi connectivity index (χ0n) is 30.8. The van der Waals surface area contributed by atoms with Crippen molar-refractivity contribution in [3.8, 4) is 5.75 Å². The van der Waals surface area contributed by atoms with Gasteiger partial charge < -0.3 is 29.9 Å². The highest BCUT2D eigenvalue weighted by Crippen LogP contribution is 2.36. The average Bonchev–Trinajstić information content (AvgIpc) is 3.70. The molecule has 5 heterocycles. The van der Waals surface area contributed by atoms with E-state index in [1.54, 1.807) is 27.0 Å². The number of methoxy groups -OCH3 is 1. The summed E-state index contributed by atoms with van der Waals surface area (Å²) in [4.78, 5) is 76.9. The van der Waals surface area contributed by atoms with Crippen LogP contribution in [0.25, 0.3) is 17.0 Å². The van der Waals surface area contributed by atoms with Crippen molar-refractivity contribution < 1.29 is 33.4 Å². The fraction of sp³-hybridized carbons (Fsp3) is 0.579. The number of hydrogen-bond acceptors (Lipinski definition) is 9. The van der Waals surface area contributed by atoms with E-state index in [4.69, 9.17) is 14.5 Å². The van der Waals surface area contributed by atoms with Gasteiger partial charge in [0.15, 0.2) is 0 Å². The summed E-state index contributed by atoms with van der Waals surface area (Å²) in [6.07, 6.45) is 6.78. The van der Waals surface area contributed by atoms with E-state index in [0.717, 1.165) is 36.9 Å². The van der Waals surface area contributed by atoms with E-state index in [-0.39, 0.29) is 17.9 Å². The first kappa shape index (κ1) is 37.1. The molecule has 3 saturated heterocycles. The quantitative estimate of drug-likeness (QED) is 0.396. The van der Waals surface area contributed by atoms with Crippen molar-refractivity contribution in [2.75, 3.05) is 39.8 Å². The molecule has 6 rings (SSSR count). The third kappa shape index (κ3) is 7.71. The van der Waals surface area contributed by atoms with Crippen LogP contribution < -0.4 is 20.8 Å². The Morgan fingerprint density at radius 2 is 1.67 bits per heavy atom. The molecule has 52 heavy (non-hydrogen) atoms. The van der Waals surface area contributed by atoms with Crippen LogP contribution in [0.1, 0.15) is 83.6 Å². The maximum atomic E-state index is 14.4. The second-order valence-corrected chi connectivity index (χ2v) is 14.8. The Balaban J connectivity index is 1.37. The first-order valence-electron chi connectivity index (χ1n) is 18.5. The number of urea groups is 1. The number of rotatable bonds is 2. The van der Waals surface area contributed by atoms with Gasteiger partial charge in [-0.2, -0.15) is 0 Å². The Hall–Kier alpha value is -4.72. The number of hydrazine groups is 1. The summed E-state index contributed by atoms with van der Waals surface area (Å²) in [5.74, 6) is -1.46. The van der Waals surface area contributed by atoms with Crippen molar-refractivity contribution in [2.45, 2.75) is 90.4 Å². The fourth-order valence-corrected chi connectivity index (χ4v) is 7.49. The van der Waals surface area contributed by atoms with Crippen molar-refractivity contribution in [3.05, 3.63) is 41.6 Å². The lowest BCUT2D eigenvalue weighted by Crippen LogP contribution is -2.61. The van der Waals surface area contributed by atoms with Crippen LogP contribution in [0, 0.1) is 11.3 Å². The number of carbonyl (C=O) groups excluding carboxylic acids is 5. The first-order chi connectivity index (χ1) is 24.9. The highest BCUT2D eigenvalue weighted by Gasteiger charge is 2.43. The number of esters is 1. The maximum Gasteiger partial charge on any atom is 0.325 e. The van der Waals surface area contributed by atoms with Gasteiger partial charge in [-0.1, -0.05) is 32.1 Å². The van der Waals surface area contributed by atoms with E-state index in [1.165, 1.54) is 5.01 Å². The molecule has 14 heteroatoms. The summed E-state index contributed by atoms with van der Waals surface area (Å²) >= 11 is 0. The molecule has 5 bridgehead atoms. The topological polar surface area (TPSA) is 163 Å². The minimum atomic E-state index is -1.02. The molecule has 2 aromatic rings. The van der Waals surface area contributed by atoms with E-state index >= 15 is 0 Å². The number of likely N-dealkylation sites (tertiary alicyclic amines) is 2. The zero-order valence-corrected chi connectivity index (χ0v) is 30.8. The molecular weight excluding hydrogens is 666 g/mol. The summed E-state index contributed by atoms with van der Waals surface area (Å²) < 4.78 is 11.6. The Morgan fingerprint density at radius 3 is 2.37 bits per heavy atom. The predicted octanol–water partition coefficient (Wildman–Crippen LogP) is 3.31. The second kappa shape index (κ2) is 15.5. The Bertz CT molecular complexity index is 1730. The molecule has 3 N–H and O–H groups in total. The fourth-order valence-electron chi connectivity index (χ4n) is 7.49. The van der Waals surface area contributed by atoms with Gasteiger partial charge in [0.2, 0.25) is 11.8 Å². The number of pyridine rings is 1. The molecule has 4 aliphatic heterocycles. The van der Waals surface area contributed by atoms with Gasteiger partial charge in [-0.15, -0.1) is 0 Å². The number of aromatic nitrogens is 1. The summed E-state index contributed by atoms with van der Waals surface area (Å²) in [6.45, 7) is 9.61. The van der Waals surface area contributed by atoms with Crippen LogP contribution in [-0.2, 0) is 23.9 Å². The molecule has 4 aliphatic rings. The molecular formula is C38H51N7O7. The Kier molecular flexibility index (Phi) is 11.0. The number of fused-ring (bicyclic) bond motifs is 4. The van der Waals surface area contributed by atoms with E-state index in [9.17, 15) is 24.0 Å². The van der Waals surface area contributed by atoms with Crippen molar-refractivity contribution in [2.24, 2.45) is 11.3 Å². The Labute approximate surface area is 304 Å². The number of ether oxygens (including phenoxy) is 2. The molecule has 3 fully saturated rings. The molecule has 0 saturated carbocycles. The van der Waals surface area contributed by atoms with Crippen LogP contribution in [-0.4, -0.2) is 107 Å². The number of carbonyl (C=O) groups is 5. The molecule has 0 unspecified atom stereocenters. The van der Waals surface area contributed by atoms with Gasteiger partial charge in [0, 0.05) is 44.2 Å². The lowest BCUT2D eigenvalue weighted by molar-refractivity contribution is -0.157. The Morgan fingerprint density at radius 1 is 0.962 bits per heavy atom. The summed E-state index contributed by atoms with van der Waals surface area (Å²) in [5.41, 5.74) is 3.88. The molecule has 1 aromatic carbocycles. The number of amides is 5. The van der Waals surface area contributed by atoms with Crippen LogP contribution in [0.5, 0.6) is 5.75 Å². The van der Waals surface area contributed by atoms with Crippen molar-refractivity contribution in [1.29, 1.82) is 0 Å². The van der Waals surface area contributed by atoms with Crippen molar-refractivity contribution in [3.63, 3.8) is 0 Å². The minimum Gasteiger partial charge on any atom is -0.496 e. The van der Waals surface area contributed by atoms with Gasteiger partial charge in [-0.25, -0.2) is 15.2 Å². The lowest BCUT2D eigenvalue weighted by Gasteiger charge is -2.41. The SMILES string of the molecule is COc1cc2nc3cc(ccc13)/C=C/C1(CCN(C(=O)N3CCCC3)CC1)C(=O)N[C@@H](C(C)C)C(=O)N[C@@H](C)C(=O)N1CCC[C@H](N1)C(=O)O[C@@H]2C. The van der Waals surface area contributed by atoms with Crippen molar-refractivity contribution >= 4 is 46.7 Å². The van der Waals surface area contributed by atoms with E-state index in [0.29, 0.717) is 62.3 Å². The van der Waals surface area contributed by atoms with Gasteiger partial charge in [0.25, 0.3) is 5.91 Å². The van der Waals surface area contributed by atoms with Gasteiger partial charge in [0.1, 0.15) is 30.0 Å². The second-order valence-electron chi connectivity index (χ2n) is 14.8. The van der Waals surface area contributed by atoms with Gasteiger partial charge in [0.05, 0.1) is 23.7 Å². The standard InChI is InChI=1S/C38H51N7O7/c1-23(2)32-33(46)39-24(3)34(47)45-18-8-9-28(42-45)35(48)52-25(4)29-22-31(51-5)27-11-10-26(21-30(27)40-29)12-13-38(36(49)41-32)14-19-44(20-15-38)37(50)43-16-6-7-17-43/h10-13,21-25,28,32,42H,6-9,14-20H2,1-5H3,(H,39,46)(H,41,49)/b13-12+/t24-,25+,28-,32-/m0/s1.